The summed E-state index contributed by atoms with van der Waals surface area (Å²) >= 11 is 5.86. The van der Waals surface area contributed by atoms with Gasteiger partial charge in [0, 0.05) is 6.04 Å². The van der Waals surface area contributed by atoms with Crippen molar-refractivity contribution in [2.24, 2.45) is 5.92 Å². The van der Waals surface area contributed by atoms with Gasteiger partial charge < -0.3 is 5.11 Å². The third kappa shape index (κ3) is 3.68. The summed E-state index contributed by atoms with van der Waals surface area (Å²) in [5.41, 5.74) is 0. The van der Waals surface area contributed by atoms with E-state index >= 15 is 0 Å². The molecule has 5 nitrogen and oxygen atoms in total. The fraction of sp³-hybridized carbons (Fsp3) is 0.417. The highest BCUT2D eigenvalue weighted by Gasteiger charge is 2.36. The Kier molecular flexibility index (Phi) is 4.13. The Balaban J connectivity index is 2.20. The third-order valence-electron chi connectivity index (χ3n) is 3.02. The van der Waals surface area contributed by atoms with Crippen LogP contribution in [0, 0.1) is 5.92 Å². The number of benzene rings is 1. The minimum atomic E-state index is -3.79. The summed E-state index contributed by atoms with van der Waals surface area (Å²) in [5.74, 6) is -0.910. The molecule has 104 valence electrons. The Morgan fingerprint density at radius 2 is 2.05 bits per heavy atom. The predicted octanol–water partition coefficient (Wildman–Crippen LogP) is 1.87. The zero-order chi connectivity index (χ0) is 14.0. The molecule has 0 spiro atoms. The van der Waals surface area contributed by atoms with E-state index in [0.717, 1.165) is 12.8 Å². The topological polar surface area (TPSA) is 83.5 Å². The number of sulfonamides is 1. The first-order valence-electron chi connectivity index (χ1n) is 5.89. The molecule has 2 N–H and O–H groups in total. The Morgan fingerprint density at radius 1 is 1.42 bits per heavy atom. The van der Waals surface area contributed by atoms with E-state index in [0.29, 0.717) is 0 Å². The van der Waals surface area contributed by atoms with Crippen LogP contribution in [0.5, 0.6) is 0 Å². The zero-order valence-corrected chi connectivity index (χ0v) is 11.6. The van der Waals surface area contributed by atoms with Crippen LogP contribution in [0.25, 0.3) is 0 Å². The second kappa shape index (κ2) is 5.48. The van der Waals surface area contributed by atoms with Gasteiger partial charge in [-0.3, -0.25) is 4.79 Å². The molecular weight excluding hydrogens is 290 g/mol. The second-order valence-electron chi connectivity index (χ2n) is 4.59. The molecule has 0 heterocycles. The monoisotopic (exact) mass is 303 g/mol. The predicted molar refractivity (Wildman–Crippen MR) is 70.5 cm³/mol. The highest BCUT2D eigenvalue weighted by Crippen LogP contribution is 2.35. The van der Waals surface area contributed by atoms with Crippen LogP contribution in [0.4, 0.5) is 0 Å². The number of aliphatic carboxylic acids is 1. The molecule has 0 bridgehead atoms. The van der Waals surface area contributed by atoms with Gasteiger partial charge in [0.15, 0.2) is 0 Å². The lowest BCUT2D eigenvalue weighted by molar-refractivity contribution is -0.137. The minimum absolute atomic E-state index is 0.0206. The molecule has 0 saturated heterocycles. The molecule has 2 rings (SSSR count). The van der Waals surface area contributed by atoms with Crippen LogP contribution in [-0.2, 0) is 14.8 Å². The number of hydrogen-bond acceptors (Lipinski definition) is 3. The van der Waals surface area contributed by atoms with E-state index in [4.69, 9.17) is 16.7 Å². The van der Waals surface area contributed by atoms with Gasteiger partial charge in [0.25, 0.3) is 0 Å². The largest absolute Gasteiger partial charge is 0.481 e. The van der Waals surface area contributed by atoms with Crippen molar-refractivity contribution in [1.82, 2.24) is 4.72 Å². The maximum atomic E-state index is 12.2. The van der Waals surface area contributed by atoms with E-state index in [2.05, 4.69) is 4.72 Å². The smallest absolute Gasteiger partial charge is 0.304 e. The molecule has 1 saturated carbocycles. The van der Waals surface area contributed by atoms with Crippen molar-refractivity contribution in [2.45, 2.75) is 30.2 Å². The number of carboxylic acid groups (broad SMARTS) is 1. The van der Waals surface area contributed by atoms with Gasteiger partial charge in [0.1, 0.15) is 4.90 Å². The van der Waals surface area contributed by atoms with Crippen molar-refractivity contribution < 1.29 is 18.3 Å². The van der Waals surface area contributed by atoms with Gasteiger partial charge >= 0.3 is 5.97 Å². The summed E-state index contributed by atoms with van der Waals surface area (Å²) in [6.07, 6.45) is 1.49. The van der Waals surface area contributed by atoms with Gasteiger partial charge in [0.05, 0.1) is 11.4 Å². The summed E-state index contributed by atoms with van der Waals surface area (Å²) in [6, 6.07) is 5.52. The van der Waals surface area contributed by atoms with Crippen LogP contribution in [-0.4, -0.2) is 25.5 Å². The molecule has 7 heteroatoms. The van der Waals surface area contributed by atoms with Crippen LogP contribution >= 0.6 is 11.6 Å². The summed E-state index contributed by atoms with van der Waals surface area (Å²) in [5, 5.41) is 8.95. The molecule has 1 unspecified atom stereocenters. The molecule has 1 fully saturated rings. The molecule has 0 aromatic heterocycles. The van der Waals surface area contributed by atoms with Crippen molar-refractivity contribution in [2.75, 3.05) is 0 Å². The average molecular weight is 304 g/mol. The van der Waals surface area contributed by atoms with Gasteiger partial charge in [-0.15, -0.1) is 0 Å². The van der Waals surface area contributed by atoms with Crippen LogP contribution < -0.4 is 4.72 Å². The Hall–Kier alpha value is -1.11. The number of carboxylic acids is 1. The Bertz CT molecular complexity index is 583. The third-order valence-corrected chi connectivity index (χ3v) is 5.01. The summed E-state index contributed by atoms with van der Waals surface area (Å²) in [7, 11) is -3.79. The van der Waals surface area contributed by atoms with E-state index in [1.54, 1.807) is 12.1 Å². The molecule has 19 heavy (non-hydrogen) atoms. The van der Waals surface area contributed by atoms with Gasteiger partial charge in [-0.2, -0.15) is 0 Å². The van der Waals surface area contributed by atoms with Crippen molar-refractivity contribution in [3.05, 3.63) is 29.3 Å². The van der Waals surface area contributed by atoms with Crippen molar-refractivity contribution in [3.8, 4) is 0 Å². The van der Waals surface area contributed by atoms with Gasteiger partial charge in [0.2, 0.25) is 10.0 Å². The molecule has 1 aliphatic rings. The van der Waals surface area contributed by atoms with E-state index in [1.807, 2.05) is 0 Å². The van der Waals surface area contributed by atoms with Crippen molar-refractivity contribution in [1.29, 1.82) is 0 Å². The Morgan fingerprint density at radius 3 is 2.58 bits per heavy atom. The lowest BCUT2D eigenvalue weighted by Gasteiger charge is -2.16. The molecule has 1 atom stereocenters. The van der Waals surface area contributed by atoms with Crippen LogP contribution in [0.3, 0.4) is 0 Å². The van der Waals surface area contributed by atoms with Crippen molar-refractivity contribution >= 4 is 27.6 Å². The van der Waals surface area contributed by atoms with E-state index < -0.39 is 22.0 Å². The van der Waals surface area contributed by atoms with E-state index in [1.165, 1.54) is 12.1 Å². The van der Waals surface area contributed by atoms with Crippen LogP contribution in [0.2, 0.25) is 5.02 Å². The highest BCUT2D eigenvalue weighted by atomic mass is 35.5. The SMILES string of the molecule is O=C(O)CC(NS(=O)(=O)c1ccccc1Cl)C1CC1. The second-order valence-corrected chi connectivity index (χ2v) is 6.68. The zero-order valence-electron chi connectivity index (χ0n) is 10.0. The molecule has 1 aromatic carbocycles. The molecule has 1 aromatic rings. The first-order chi connectivity index (χ1) is 8.90. The van der Waals surface area contributed by atoms with Gasteiger partial charge in [-0.25, -0.2) is 13.1 Å². The maximum Gasteiger partial charge on any atom is 0.304 e. The normalized spacial score (nSPS) is 17.1. The van der Waals surface area contributed by atoms with Gasteiger partial charge in [-0.05, 0) is 30.9 Å². The van der Waals surface area contributed by atoms with Crippen LogP contribution in [0.1, 0.15) is 19.3 Å². The van der Waals surface area contributed by atoms with Gasteiger partial charge in [-0.1, -0.05) is 23.7 Å². The maximum absolute atomic E-state index is 12.2. The number of rotatable bonds is 6. The number of carbonyl (C=O) groups is 1. The molecule has 1 aliphatic carbocycles. The number of nitrogens with one attached hydrogen (secondary N) is 1. The first kappa shape index (κ1) is 14.3. The fourth-order valence-electron chi connectivity index (χ4n) is 1.92. The number of halogens is 1. The van der Waals surface area contributed by atoms with Crippen molar-refractivity contribution in [3.63, 3.8) is 0 Å². The number of hydrogen-bond donors (Lipinski definition) is 2. The van der Waals surface area contributed by atoms with E-state index in [9.17, 15) is 13.2 Å². The summed E-state index contributed by atoms with van der Waals surface area (Å²) in [4.78, 5) is 10.7. The average Bonchev–Trinajstić information content (AvgIpc) is 3.11. The molecule has 0 aliphatic heterocycles. The fourth-order valence-corrected chi connectivity index (χ4v) is 3.74. The molecular formula is C12H14ClNO4S. The van der Waals surface area contributed by atoms with Crippen LogP contribution in [0.15, 0.2) is 29.2 Å². The lowest BCUT2D eigenvalue weighted by Crippen LogP contribution is -2.38. The molecule has 0 radical (unpaired) electrons. The standard InChI is InChI=1S/C12H14ClNO4S/c13-9-3-1-2-4-11(9)19(17,18)14-10(7-12(15)16)8-5-6-8/h1-4,8,10,14H,5-7H2,(H,15,16). The minimum Gasteiger partial charge on any atom is -0.481 e. The highest BCUT2D eigenvalue weighted by molar-refractivity contribution is 7.89. The molecule has 0 amide bonds. The Labute approximate surface area is 116 Å². The lowest BCUT2D eigenvalue weighted by atomic mass is 10.1. The quantitative estimate of drug-likeness (QED) is 0.840. The summed E-state index contributed by atoms with van der Waals surface area (Å²) in [6.45, 7) is 0. The summed E-state index contributed by atoms with van der Waals surface area (Å²) < 4.78 is 26.8. The first-order valence-corrected chi connectivity index (χ1v) is 7.75. The van der Waals surface area contributed by atoms with E-state index in [-0.39, 0.29) is 22.3 Å².